The Hall–Kier alpha value is -6.68. The predicted octanol–water partition coefficient (Wildman–Crippen LogP) is 4.62. The lowest BCUT2D eigenvalue weighted by atomic mass is 10.0. The normalized spacial score (nSPS) is 18.7. The van der Waals surface area contributed by atoms with E-state index in [9.17, 15) is 39.4 Å². The van der Waals surface area contributed by atoms with Gasteiger partial charge in [0.25, 0.3) is 0 Å². The molecule has 0 spiro atoms. The number of fused-ring (bicyclic) bond motifs is 1. The van der Waals surface area contributed by atoms with E-state index in [2.05, 4.69) is 0 Å². The molecule has 0 unspecified atom stereocenters. The lowest BCUT2D eigenvalue weighted by molar-refractivity contribution is -0.422. The van der Waals surface area contributed by atoms with Crippen LogP contribution in [0.2, 0.25) is 0 Å². The zero-order valence-corrected chi connectivity index (χ0v) is 25.0. The van der Waals surface area contributed by atoms with Gasteiger partial charge in [0.2, 0.25) is 0 Å². The Bertz CT molecular complexity index is 2110. The number of hydrogen-bond donors (Lipinski definition) is 0. The van der Waals surface area contributed by atoms with Gasteiger partial charge in [-0.2, -0.15) is 0 Å². The van der Waals surface area contributed by atoms with Gasteiger partial charge in [0.05, 0.1) is 45.3 Å². The summed E-state index contributed by atoms with van der Waals surface area (Å²) >= 11 is 0. The van der Waals surface area contributed by atoms with Gasteiger partial charge < -0.3 is 23.4 Å². The molecule has 16 nitrogen and oxygen atoms in total. The summed E-state index contributed by atoms with van der Waals surface area (Å²) in [6, 6.07) is 24.6. The molecule has 0 N–H and O–H groups in total. The van der Waals surface area contributed by atoms with Crippen molar-refractivity contribution in [3.05, 3.63) is 151 Å². The van der Waals surface area contributed by atoms with Gasteiger partial charge in [0.15, 0.2) is 30.1 Å². The summed E-state index contributed by atoms with van der Waals surface area (Å²) in [6.07, 6.45) is -6.55. The van der Waals surface area contributed by atoms with Crippen LogP contribution in [0.5, 0.6) is 0 Å². The standard InChI is InChI=1S/C33H23N3O13/c37-30(19-10-4-1-5-11-19)46-26-18-45-29(34-24-16-22(35(41)42)23(36(43)44)17-25(24)47-33(34)40)28(49-32(39)21-14-8-3-9-15-21)27(26)48-31(38)20-12-6-2-7-13-20/h1-17,26-29H,18H2/t26-,27+,28+,29-/m0/s1. The molecule has 4 aromatic carbocycles. The molecule has 0 radical (unpaired) electrons. The third-order valence-corrected chi connectivity index (χ3v) is 7.53. The van der Waals surface area contributed by atoms with Crippen LogP contribution in [0.25, 0.3) is 11.1 Å². The third kappa shape index (κ3) is 6.61. The quantitative estimate of drug-likeness (QED) is 0.0909. The van der Waals surface area contributed by atoms with Crippen LogP contribution in [0, 0.1) is 20.2 Å². The maximum Gasteiger partial charge on any atom is 0.422 e. The molecule has 248 valence electrons. The molecule has 0 saturated carbocycles. The van der Waals surface area contributed by atoms with Crippen molar-refractivity contribution >= 4 is 40.4 Å². The SMILES string of the molecule is O=C(O[C@@H]1[C@H](OC(=O)c2ccccc2)[C@@H](OC(=O)c2ccccc2)CO[C@@H]1n1c(=O)oc2cc([N+](=O)[O-])c([N+](=O)[O-])cc21)c1ccccc1. The van der Waals surface area contributed by atoms with E-state index in [-0.39, 0.29) is 22.2 Å². The van der Waals surface area contributed by atoms with Crippen molar-refractivity contribution in [2.45, 2.75) is 24.5 Å². The summed E-state index contributed by atoms with van der Waals surface area (Å²) < 4.78 is 29.3. The molecular formula is C33H23N3O13. The molecule has 1 aromatic heterocycles. The number of benzene rings is 4. The second-order valence-electron chi connectivity index (χ2n) is 10.6. The number of nitro benzene ring substituents is 2. The molecule has 1 aliphatic rings. The molecule has 5 aromatic rings. The fourth-order valence-electron chi connectivity index (χ4n) is 5.25. The molecule has 0 amide bonds. The molecule has 1 saturated heterocycles. The van der Waals surface area contributed by atoms with Crippen molar-refractivity contribution in [3.63, 3.8) is 0 Å². The maximum absolute atomic E-state index is 13.5. The Morgan fingerprint density at radius 2 is 1.12 bits per heavy atom. The van der Waals surface area contributed by atoms with E-state index < -0.39 is 81.6 Å². The number of hydrogen-bond acceptors (Lipinski definition) is 13. The molecule has 1 aliphatic heterocycles. The summed E-state index contributed by atoms with van der Waals surface area (Å²) in [5, 5.41) is 23.3. The minimum Gasteiger partial charge on any atom is -0.452 e. The second-order valence-corrected chi connectivity index (χ2v) is 10.6. The molecule has 49 heavy (non-hydrogen) atoms. The van der Waals surface area contributed by atoms with Gasteiger partial charge in [-0.25, -0.2) is 23.7 Å². The summed E-state index contributed by atoms with van der Waals surface area (Å²) in [7, 11) is 0. The van der Waals surface area contributed by atoms with E-state index in [1.807, 2.05) is 0 Å². The van der Waals surface area contributed by atoms with Gasteiger partial charge in [-0.05, 0) is 36.4 Å². The Morgan fingerprint density at radius 1 is 0.673 bits per heavy atom. The fraction of sp³-hybridized carbons (Fsp3) is 0.152. The molecule has 0 bridgehead atoms. The van der Waals surface area contributed by atoms with Crippen LogP contribution in [0.3, 0.4) is 0 Å². The highest BCUT2D eigenvalue weighted by Gasteiger charge is 2.50. The molecular weight excluding hydrogens is 646 g/mol. The van der Waals surface area contributed by atoms with Crippen LogP contribution in [-0.2, 0) is 18.9 Å². The number of nitrogens with zero attached hydrogens (tertiary/aromatic N) is 3. The fourth-order valence-corrected chi connectivity index (χ4v) is 5.25. The van der Waals surface area contributed by atoms with Gasteiger partial charge in [-0.1, -0.05) is 54.6 Å². The van der Waals surface area contributed by atoms with Gasteiger partial charge >= 0.3 is 35.0 Å². The second kappa shape index (κ2) is 13.6. The Kier molecular flexibility index (Phi) is 8.95. The molecule has 2 heterocycles. The number of esters is 3. The Morgan fingerprint density at radius 3 is 1.61 bits per heavy atom. The zero-order chi connectivity index (χ0) is 34.7. The van der Waals surface area contributed by atoms with E-state index in [0.717, 1.165) is 10.6 Å². The number of oxazole rings is 1. The third-order valence-electron chi connectivity index (χ3n) is 7.53. The summed E-state index contributed by atoms with van der Waals surface area (Å²) in [5.41, 5.74) is -2.40. The maximum atomic E-state index is 13.5. The monoisotopic (exact) mass is 669 g/mol. The summed E-state index contributed by atoms with van der Waals surface area (Å²) in [5.74, 6) is -3.92. The van der Waals surface area contributed by atoms with Crippen LogP contribution in [0.4, 0.5) is 11.4 Å². The van der Waals surface area contributed by atoms with Crippen LogP contribution in [0.15, 0.2) is 112 Å². The molecule has 4 atom stereocenters. The van der Waals surface area contributed by atoms with Crippen molar-refractivity contribution in [1.82, 2.24) is 4.57 Å². The van der Waals surface area contributed by atoms with Gasteiger partial charge in [0, 0.05) is 0 Å². The van der Waals surface area contributed by atoms with E-state index in [1.165, 1.54) is 36.4 Å². The van der Waals surface area contributed by atoms with Crippen molar-refractivity contribution in [1.29, 1.82) is 0 Å². The van der Waals surface area contributed by atoms with E-state index in [1.54, 1.807) is 54.6 Å². The smallest absolute Gasteiger partial charge is 0.422 e. The Balaban J connectivity index is 1.48. The molecule has 16 heteroatoms. The molecule has 6 rings (SSSR count). The van der Waals surface area contributed by atoms with E-state index >= 15 is 0 Å². The van der Waals surface area contributed by atoms with Crippen molar-refractivity contribution in [3.8, 4) is 0 Å². The first-order chi connectivity index (χ1) is 23.6. The van der Waals surface area contributed by atoms with Crippen molar-refractivity contribution in [2.24, 2.45) is 0 Å². The van der Waals surface area contributed by atoms with Gasteiger partial charge in [-0.3, -0.25) is 20.2 Å². The lowest BCUT2D eigenvalue weighted by Gasteiger charge is -2.40. The highest BCUT2D eigenvalue weighted by atomic mass is 16.7. The zero-order valence-electron chi connectivity index (χ0n) is 25.0. The first-order valence-corrected chi connectivity index (χ1v) is 14.5. The number of carbonyl (C=O) groups excluding carboxylic acids is 3. The van der Waals surface area contributed by atoms with Crippen molar-refractivity contribution < 1.29 is 47.6 Å². The highest BCUT2D eigenvalue weighted by Crippen LogP contribution is 2.37. The van der Waals surface area contributed by atoms with Gasteiger partial charge in [0.1, 0.15) is 5.52 Å². The molecule has 1 fully saturated rings. The van der Waals surface area contributed by atoms with E-state index in [4.69, 9.17) is 23.4 Å². The lowest BCUT2D eigenvalue weighted by Crippen LogP contribution is -2.56. The van der Waals surface area contributed by atoms with Crippen LogP contribution in [0.1, 0.15) is 37.3 Å². The topological polar surface area (TPSA) is 210 Å². The van der Waals surface area contributed by atoms with Gasteiger partial charge in [-0.15, -0.1) is 0 Å². The first-order valence-electron chi connectivity index (χ1n) is 14.5. The van der Waals surface area contributed by atoms with Crippen molar-refractivity contribution in [2.75, 3.05) is 6.61 Å². The summed E-state index contributed by atoms with van der Waals surface area (Å²) in [6.45, 7) is -0.538. The van der Waals surface area contributed by atoms with Crippen LogP contribution >= 0.6 is 0 Å². The highest BCUT2D eigenvalue weighted by molar-refractivity contribution is 5.91. The average Bonchev–Trinajstić information content (AvgIpc) is 3.44. The number of ether oxygens (including phenoxy) is 4. The number of carbonyl (C=O) groups is 3. The number of nitro groups is 2. The minimum atomic E-state index is -1.77. The minimum absolute atomic E-state index is 0.0495. The number of aromatic nitrogens is 1. The summed E-state index contributed by atoms with van der Waals surface area (Å²) in [4.78, 5) is 74.8. The largest absolute Gasteiger partial charge is 0.452 e. The predicted molar refractivity (Wildman–Crippen MR) is 166 cm³/mol. The number of rotatable bonds is 9. The average molecular weight is 670 g/mol. The van der Waals surface area contributed by atoms with E-state index in [0.29, 0.717) is 6.07 Å². The Labute approximate surface area is 274 Å². The van der Waals surface area contributed by atoms with Crippen LogP contribution in [-0.4, -0.2) is 57.2 Å². The molecule has 0 aliphatic carbocycles. The first kappa shape index (κ1) is 32.3. The van der Waals surface area contributed by atoms with Crippen LogP contribution < -0.4 is 5.76 Å².